The summed E-state index contributed by atoms with van der Waals surface area (Å²) in [6.45, 7) is 7.14. The minimum Gasteiger partial charge on any atom is -0.481 e. The van der Waals surface area contributed by atoms with Crippen molar-refractivity contribution in [3.63, 3.8) is 0 Å². The number of carboxylic acid groups (broad SMARTS) is 1. The predicted molar refractivity (Wildman–Crippen MR) is 76.7 cm³/mol. The minimum atomic E-state index is -0.696. The highest BCUT2D eigenvalue weighted by atomic mass is 16.4. The van der Waals surface area contributed by atoms with Crippen molar-refractivity contribution in [2.45, 2.75) is 19.8 Å². The number of nitrogens with zero attached hydrogens (tertiary/aromatic N) is 2. The van der Waals surface area contributed by atoms with Gasteiger partial charge in [-0.1, -0.05) is 18.2 Å². The number of anilines is 1. The van der Waals surface area contributed by atoms with Gasteiger partial charge in [0.1, 0.15) is 0 Å². The molecule has 1 aromatic carbocycles. The summed E-state index contributed by atoms with van der Waals surface area (Å²) in [6, 6.07) is 8.48. The first-order valence-corrected chi connectivity index (χ1v) is 6.91. The highest BCUT2D eigenvalue weighted by Gasteiger charge is 2.17. The number of para-hydroxylation sites is 1. The monoisotopic (exact) mass is 262 g/mol. The summed E-state index contributed by atoms with van der Waals surface area (Å²) in [5.41, 5.74) is 2.65. The predicted octanol–water partition coefficient (Wildman–Crippen LogP) is 1.98. The van der Waals surface area contributed by atoms with Crippen LogP contribution in [0.2, 0.25) is 0 Å². The molecule has 1 saturated heterocycles. The van der Waals surface area contributed by atoms with E-state index in [0.717, 1.165) is 39.1 Å². The van der Waals surface area contributed by atoms with Gasteiger partial charge in [0.05, 0.1) is 0 Å². The lowest BCUT2D eigenvalue weighted by atomic mass is 10.1. The fraction of sp³-hybridized carbons (Fsp3) is 0.533. The van der Waals surface area contributed by atoms with E-state index in [-0.39, 0.29) is 6.42 Å². The molecule has 0 aromatic heterocycles. The number of piperazine rings is 1. The molecule has 0 radical (unpaired) electrons. The molecule has 0 spiro atoms. The molecular formula is C15H22N2O2. The van der Waals surface area contributed by atoms with Crippen molar-refractivity contribution in [3.8, 4) is 0 Å². The van der Waals surface area contributed by atoms with Gasteiger partial charge in [-0.25, -0.2) is 0 Å². The zero-order chi connectivity index (χ0) is 13.7. The molecule has 0 amide bonds. The second kappa shape index (κ2) is 6.57. The van der Waals surface area contributed by atoms with Crippen LogP contribution >= 0.6 is 0 Å². The summed E-state index contributed by atoms with van der Waals surface area (Å²) in [7, 11) is 0. The number of carbonyl (C=O) groups is 1. The Bertz CT molecular complexity index is 426. The topological polar surface area (TPSA) is 43.8 Å². The van der Waals surface area contributed by atoms with Gasteiger partial charge in [-0.15, -0.1) is 0 Å². The highest BCUT2D eigenvalue weighted by molar-refractivity contribution is 5.66. The van der Waals surface area contributed by atoms with Gasteiger partial charge in [-0.05, 0) is 31.5 Å². The zero-order valence-electron chi connectivity index (χ0n) is 11.5. The van der Waals surface area contributed by atoms with Crippen LogP contribution in [0.15, 0.2) is 24.3 Å². The summed E-state index contributed by atoms with van der Waals surface area (Å²) in [5.74, 6) is -0.696. The number of benzene rings is 1. The van der Waals surface area contributed by atoms with Crippen LogP contribution in [0.3, 0.4) is 0 Å². The maximum atomic E-state index is 10.5. The summed E-state index contributed by atoms with van der Waals surface area (Å²) >= 11 is 0. The van der Waals surface area contributed by atoms with E-state index in [0.29, 0.717) is 0 Å². The van der Waals surface area contributed by atoms with Gasteiger partial charge >= 0.3 is 5.97 Å². The fourth-order valence-corrected chi connectivity index (χ4v) is 2.58. The quantitative estimate of drug-likeness (QED) is 0.881. The molecule has 0 bridgehead atoms. The molecular weight excluding hydrogens is 240 g/mol. The summed E-state index contributed by atoms with van der Waals surface area (Å²) < 4.78 is 0. The van der Waals surface area contributed by atoms with Gasteiger partial charge in [0.25, 0.3) is 0 Å². The Kier molecular flexibility index (Phi) is 4.80. The molecule has 1 N–H and O–H groups in total. The first-order chi connectivity index (χ1) is 9.16. The number of hydrogen-bond acceptors (Lipinski definition) is 3. The molecule has 4 nitrogen and oxygen atoms in total. The molecule has 1 aliphatic rings. The molecule has 104 valence electrons. The Labute approximate surface area is 114 Å². The van der Waals surface area contributed by atoms with Crippen molar-refractivity contribution in [1.82, 2.24) is 4.90 Å². The average Bonchev–Trinajstić information content (AvgIpc) is 2.40. The Balaban J connectivity index is 1.79. The van der Waals surface area contributed by atoms with Gasteiger partial charge in [0.2, 0.25) is 0 Å². The van der Waals surface area contributed by atoms with Gasteiger partial charge in [-0.2, -0.15) is 0 Å². The third-order valence-electron chi connectivity index (χ3n) is 3.69. The average molecular weight is 262 g/mol. The normalized spacial score (nSPS) is 16.6. The van der Waals surface area contributed by atoms with Crippen molar-refractivity contribution < 1.29 is 9.90 Å². The van der Waals surface area contributed by atoms with Gasteiger partial charge in [0.15, 0.2) is 0 Å². The first-order valence-electron chi connectivity index (χ1n) is 6.91. The maximum absolute atomic E-state index is 10.5. The van der Waals surface area contributed by atoms with Crippen LogP contribution < -0.4 is 4.90 Å². The molecule has 2 rings (SSSR count). The number of aryl methyl sites for hydroxylation is 1. The van der Waals surface area contributed by atoms with Crippen molar-refractivity contribution in [2.24, 2.45) is 0 Å². The van der Waals surface area contributed by atoms with Crippen LogP contribution in [0.4, 0.5) is 5.69 Å². The van der Waals surface area contributed by atoms with Crippen LogP contribution in [0, 0.1) is 6.92 Å². The van der Waals surface area contributed by atoms with E-state index < -0.39 is 5.97 Å². The Morgan fingerprint density at radius 2 is 1.89 bits per heavy atom. The third-order valence-corrected chi connectivity index (χ3v) is 3.69. The maximum Gasteiger partial charge on any atom is 0.303 e. The van der Waals surface area contributed by atoms with Crippen molar-refractivity contribution in [2.75, 3.05) is 37.6 Å². The number of rotatable bonds is 5. The van der Waals surface area contributed by atoms with E-state index in [4.69, 9.17) is 5.11 Å². The van der Waals surface area contributed by atoms with Crippen LogP contribution in [0.1, 0.15) is 18.4 Å². The van der Waals surface area contributed by atoms with E-state index in [1.807, 2.05) is 0 Å². The second-order valence-corrected chi connectivity index (χ2v) is 5.11. The zero-order valence-corrected chi connectivity index (χ0v) is 11.5. The summed E-state index contributed by atoms with van der Waals surface area (Å²) in [4.78, 5) is 15.3. The van der Waals surface area contributed by atoms with E-state index in [1.165, 1.54) is 11.3 Å². The number of aliphatic carboxylic acids is 1. The molecule has 0 aliphatic carbocycles. The van der Waals surface area contributed by atoms with E-state index in [2.05, 4.69) is 41.0 Å². The smallest absolute Gasteiger partial charge is 0.303 e. The van der Waals surface area contributed by atoms with Crippen molar-refractivity contribution >= 4 is 11.7 Å². The molecule has 1 fully saturated rings. The molecule has 1 aromatic rings. The molecule has 0 unspecified atom stereocenters. The largest absolute Gasteiger partial charge is 0.481 e. The van der Waals surface area contributed by atoms with Crippen LogP contribution in [-0.2, 0) is 4.79 Å². The Morgan fingerprint density at radius 3 is 2.53 bits per heavy atom. The lowest BCUT2D eigenvalue weighted by Crippen LogP contribution is -2.46. The lowest BCUT2D eigenvalue weighted by Gasteiger charge is -2.36. The summed E-state index contributed by atoms with van der Waals surface area (Å²) in [6.07, 6.45) is 1.03. The Hall–Kier alpha value is -1.55. The third kappa shape index (κ3) is 3.96. The fourth-order valence-electron chi connectivity index (χ4n) is 2.58. The van der Waals surface area contributed by atoms with Crippen LogP contribution in [0.5, 0.6) is 0 Å². The highest BCUT2D eigenvalue weighted by Crippen LogP contribution is 2.20. The standard InChI is InChI=1S/C15H22N2O2/c1-13-5-2-3-6-14(13)17-11-9-16(10-12-17)8-4-7-15(18)19/h2-3,5-6H,4,7-12H2,1H3,(H,18,19). The molecule has 1 heterocycles. The van der Waals surface area contributed by atoms with Crippen LogP contribution in [0.25, 0.3) is 0 Å². The van der Waals surface area contributed by atoms with Crippen molar-refractivity contribution in [1.29, 1.82) is 0 Å². The molecule has 19 heavy (non-hydrogen) atoms. The van der Waals surface area contributed by atoms with Crippen molar-refractivity contribution in [3.05, 3.63) is 29.8 Å². The van der Waals surface area contributed by atoms with Gasteiger partial charge in [-0.3, -0.25) is 9.69 Å². The van der Waals surface area contributed by atoms with E-state index in [1.54, 1.807) is 0 Å². The molecule has 1 aliphatic heterocycles. The SMILES string of the molecule is Cc1ccccc1N1CCN(CCCC(=O)O)CC1. The van der Waals surface area contributed by atoms with E-state index >= 15 is 0 Å². The lowest BCUT2D eigenvalue weighted by molar-refractivity contribution is -0.137. The van der Waals surface area contributed by atoms with Gasteiger partial charge < -0.3 is 10.0 Å². The van der Waals surface area contributed by atoms with Crippen LogP contribution in [-0.4, -0.2) is 48.7 Å². The molecule has 0 saturated carbocycles. The minimum absolute atomic E-state index is 0.276. The Morgan fingerprint density at radius 1 is 1.21 bits per heavy atom. The number of hydrogen-bond donors (Lipinski definition) is 1. The number of carboxylic acids is 1. The first kappa shape index (κ1) is 13.9. The molecule has 4 heteroatoms. The van der Waals surface area contributed by atoms with E-state index in [9.17, 15) is 4.79 Å². The summed E-state index contributed by atoms with van der Waals surface area (Å²) in [5, 5.41) is 8.64. The van der Waals surface area contributed by atoms with Gasteiger partial charge in [0, 0.05) is 38.3 Å². The second-order valence-electron chi connectivity index (χ2n) is 5.11. The molecule has 0 atom stereocenters.